The molecule has 0 spiro atoms. The Morgan fingerprint density at radius 3 is 2.55 bits per heavy atom. The Labute approximate surface area is 80.0 Å². The summed E-state index contributed by atoms with van der Waals surface area (Å²) >= 11 is -0.00987. The molecule has 1 fully saturated rings. The van der Waals surface area contributed by atoms with E-state index in [1.165, 1.54) is 0 Å². The van der Waals surface area contributed by atoms with Gasteiger partial charge in [0.25, 0.3) is 0 Å². The molecule has 0 aromatic heterocycles. The van der Waals surface area contributed by atoms with E-state index in [0.29, 0.717) is 15.9 Å². The van der Waals surface area contributed by atoms with Gasteiger partial charge in [-0.25, -0.2) is 0 Å². The van der Waals surface area contributed by atoms with Gasteiger partial charge in [0, 0.05) is 9.93 Å². The number of hydrogen-bond donors (Lipinski definition) is 0. The molecule has 1 saturated heterocycles. The van der Waals surface area contributed by atoms with Crippen LogP contribution in [0.4, 0.5) is 0 Å². The van der Waals surface area contributed by atoms with E-state index in [1.807, 2.05) is 0 Å². The standard InChI is InChI=1S/C8H14BIO/c1-4-6-5(2)7(10-3)8(9)11-6/h5-8H,3-4H2,1-2H3. The molecule has 0 amide bonds. The largest absolute Gasteiger partial charge is 0.383 e. The monoisotopic (exact) mass is 264 g/mol. The van der Waals surface area contributed by atoms with E-state index >= 15 is 0 Å². The van der Waals surface area contributed by atoms with Crippen LogP contribution in [-0.2, 0) is 4.74 Å². The summed E-state index contributed by atoms with van der Waals surface area (Å²) in [6, 6.07) is -0.0275. The van der Waals surface area contributed by atoms with Gasteiger partial charge in [-0.15, -0.1) is 20.7 Å². The lowest BCUT2D eigenvalue weighted by atomic mass is 9.91. The molecule has 1 aliphatic rings. The Morgan fingerprint density at radius 1 is 1.64 bits per heavy atom. The Morgan fingerprint density at radius 2 is 2.27 bits per heavy atom. The number of hydrogen-bond acceptors (Lipinski definition) is 1. The lowest BCUT2D eigenvalue weighted by Crippen LogP contribution is -2.19. The molecule has 1 aliphatic heterocycles. The fourth-order valence-corrected chi connectivity index (χ4v) is 3.54. The number of halogens is 1. The second-order valence-corrected chi connectivity index (χ2v) is 5.32. The number of ether oxygens (including phenoxy) is 1. The molecule has 4 atom stereocenters. The van der Waals surface area contributed by atoms with Crippen LogP contribution in [0.1, 0.15) is 20.3 Å². The van der Waals surface area contributed by atoms with E-state index in [4.69, 9.17) is 12.6 Å². The predicted molar refractivity (Wildman–Crippen MR) is 58.8 cm³/mol. The minimum absolute atomic E-state index is 0.00987. The molecule has 1 nitrogen and oxygen atoms in total. The average Bonchev–Trinajstić information content (AvgIpc) is 2.26. The maximum absolute atomic E-state index is 5.81. The van der Waals surface area contributed by atoms with Crippen molar-refractivity contribution in [1.82, 2.24) is 0 Å². The Bertz CT molecular complexity index is 151. The second kappa shape index (κ2) is 4.03. The minimum atomic E-state index is -0.0275. The van der Waals surface area contributed by atoms with Crippen LogP contribution in [0.5, 0.6) is 0 Å². The molecule has 0 N–H and O–H groups in total. The highest BCUT2D eigenvalue weighted by atomic mass is 127. The molecule has 3 heteroatoms. The van der Waals surface area contributed by atoms with Gasteiger partial charge in [-0.2, -0.15) is 0 Å². The van der Waals surface area contributed by atoms with Crippen molar-refractivity contribution in [2.24, 2.45) is 5.92 Å². The molecule has 0 aromatic rings. The summed E-state index contributed by atoms with van der Waals surface area (Å²) in [7, 11) is 5.81. The van der Waals surface area contributed by atoms with Crippen LogP contribution in [0.25, 0.3) is 0 Å². The third-order valence-electron chi connectivity index (χ3n) is 2.32. The van der Waals surface area contributed by atoms with Crippen LogP contribution in [0.15, 0.2) is 0 Å². The van der Waals surface area contributed by atoms with Crippen LogP contribution in [0, 0.1) is 5.92 Å². The smallest absolute Gasteiger partial charge is 0.110 e. The van der Waals surface area contributed by atoms with Crippen LogP contribution in [-0.4, -0.2) is 28.4 Å². The van der Waals surface area contributed by atoms with E-state index in [9.17, 15) is 0 Å². The molecule has 1 rings (SSSR count). The van der Waals surface area contributed by atoms with Crippen LogP contribution in [0.2, 0.25) is 0 Å². The minimum Gasteiger partial charge on any atom is -0.383 e. The first-order valence-corrected chi connectivity index (χ1v) is 6.75. The van der Waals surface area contributed by atoms with Gasteiger partial charge in [-0.05, 0) is 12.3 Å². The van der Waals surface area contributed by atoms with Crippen LogP contribution < -0.4 is 0 Å². The normalized spacial score (nSPS) is 44.5. The fourth-order valence-electron chi connectivity index (χ4n) is 1.60. The summed E-state index contributed by atoms with van der Waals surface area (Å²) in [6.45, 7) is 4.38. The highest BCUT2D eigenvalue weighted by molar-refractivity contribution is 14.2. The Balaban J connectivity index is 2.62. The molecule has 2 radical (unpaired) electrons. The summed E-state index contributed by atoms with van der Waals surface area (Å²) in [6.07, 6.45) is 1.46. The summed E-state index contributed by atoms with van der Waals surface area (Å²) in [5.41, 5.74) is 0. The van der Waals surface area contributed by atoms with Crippen molar-refractivity contribution >= 4 is 33.1 Å². The van der Waals surface area contributed by atoms with E-state index in [1.54, 1.807) is 0 Å². The third-order valence-corrected chi connectivity index (χ3v) is 5.18. The van der Waals surface area contributed by atoms with Crippen molar-refractivity contribution < 1.29 is 4.74 Å². The lowest BCUT2D eigenvalue weighted by Gasteiger charge is -2.13. The van der Waals surface area contributed by atoms with Crippen LogP contribution >= 0.6 is 20.7 Å². The molecule has 62 valence electrons. The summed E-state index contributed by atoms with van der Waals surface area (Å²) in [5.74, 6) is 0.625. The molecule has 0 bridgehead atoms. The molecular formula is C8H14BIO. The molecule has 1 heterocycles. The van der Waals surface area contributed by atoms with Gasteiger partial charge in [0.05, 0.1) is 6.10 Å². The highest BCUT2D eigenvalue weighted by Gasteiger charge is 2.36. The molecule has 0 saturated carbocycles. The van der Waals surface area contributed by atoms with E-state index in [2.05, 4.69) is 18.4 Å². The predicted octanol–water partition coefficient (Wildman–Crippen LogP) is 1.70. The van der Waals surface area contributed by atoms with Gasteiger partial charge < -0.3 is 4.74 Å². The summed E-state index contributed by atoms with van der Waals surface area (Å²) in [5, 5.41) is 0. The molecule has 0 aromatic carbocycles. The quantitative estimate of drug-likeness (QED) is 0.419. The zero-order valence-electron chi connectivity index (χ0n) is 7.09. The molecular weight excluding hydrogens is 250 g/mol. The Hall–Kier alpha value is 0.625. The summed E-state index contributed by atoms with van der Waals surface area (Å²) < 4.78 is 10.1. The van der Waals surface area contributed by atoms with Gasteiger partial charge in [-0.3, -0.25) is 0 Å². The van der Waals surface area contributed by atoms with Gasteiger partial charge in [0.2, 0.25) is 0 Å². The number of alkyl halides is 1. The molecule has 4 unspecified atom stereocenters. The molecule has 0 aliphatic carbocycles. The Kier molecular flexibility index (Phi) is 3.56. The third kappa shape index (κ3) is 1.86. The number of rotatable bonds is 2. The van der Waals surface area contributed by atoms with Crippen molar-refractivity contribution in [1.29, 1.82) is 0 Å². The van der Waals surface area contributed by atoms with Crippen molar-refractivity contribution in [3.8, 4) is 0 Å². The average molecular weight is 264 g/mol. The van der Waals surface area contributed by atoms with Gasteiger partial charge >= 0.3 is 0 Å². The zero-order valence-corrected chi connectivity index (χ0v) is 9.24. The topological polar surface area (TPSA) is 9.23 Å². The lowest BCUT2D eigenvalue weighted by molar-refractivity contribution is 0.0722. The fraction of sp³-hybridized carbons (Fsp3) is 0.875. The van der Waals surface area contributed by atoms with Gasteiger partial charge in [0.1, 0.15) is 7.85 Å². The highest BCUT2D eigenvalue weighted by Crippen LogP contribution is 2.34. The van der Waals surface area contributed by atoms with Crippen molar-refractivity contribution in [2.75, 3.05) is 0 Å². The van der Waals surface area contributed by atoms with E-state index in [0.717, 1.165) is 6.42 Å². The first-order valence-electron chi connectivity index (χ1n) is 3.98. The summed E-state index contributed by atoms with van der Waals surface area (Å²) in [4.78, 5) is 0. The maximum Gasteiger partial charge on any atom is 0.110 e. The van der Waals surface area contributed by atoms with E-state index < -0.39 is 0 Å². The van der Waals surface area contributed by atoms with Crippen LogP contribution in [0.3, 0.4) is 0 Å². The van der Waals surface area contributed by atoms with Gasteiger partial charge in [-0.1, -0.05) is 18.4 Å². The van der Waals surface area contributed by atoms with Gasteiger partial charge in [0.15, 0.2) is 0 Å². The van der Waals surface area contributed by atoms with E-state index in [-0.39, 0.29) is 26.7 Å². The maximum atomic E-state index is 5.81. The first kappa shape index (κ1) is 9.71. The van der Waals surface area contributed by atoms with Crippen molar-refractivity contribution in [2.45, 2.75) is 36.3 Å². The first-order chi connectivity index (χ1) is 5.20. The van der Waals surface area contributed by atoms with Crippen molar-refractivity contribution in [3.63, 3.8) is 0 Å². The zero-order chi connectivity index (χ0) is 8.43. The molecule has 11 heavy (non-hydrogen) atoms. The SMILES string of the molecule is [B]C1OC(CC)C(C)C1I=C. The van der Waals surface area contributed by atoms with Crippen molar-refractivity contribution in [3.05, 3.63) is 0 Å². The second-order valence-electron chi connectivity index (χ2n) is 3.01.